The molecule has 16 heteroatoms. The Hall–Kier alpha value is -1.47. The van der Waals surface area contributed by atoms with Gasteiger partial charge >= 0.3 is 15.2 Å². The molecule has 0 aromatic carbocycles. The third-order valence-electron chi connectivity index (χ3n) is 7.35. The lowest BCUT2D eigenvalue weighted by Gasteiger charge is -2.18. The molecule has 0 saturated carbocycles. The second-order valence-electron chi connectivity index (χ2n) is 11.3. The summed E-state index contributed by atoms with van der Waals surface area (Å²) in [5.74, 6) is 0.209. The molecule has 0 bridgehead atoms. The number of nitrogen functional groups attached to an aromatic ring is 1. The fraction of sp³-hybridized carbons (Fsp3) is 0.821. The van der Waals surface area contributed by atoms with Crippen LogP contribution in [0, 0.1) is 0 Å². The number of anilines is 1. The monoisotopic (exact) mass is 665 g/mol. The van der Waals surface area contributed by atoms with Crippen LogP contribution in [0.15, 0.2) is 0 Å². The summed E-state index contributed by atoms with van der Waals surface area (Å²) in [5, 5.41) is 9.75. The van der Waals surface area contributed by atoms with E-state index in [-0.39, 0.29) is 23.5 Å². The Morgan fingerprint density at radius 3 is 1.86 bits per heavy atom. The molecular weight excluding hydrogens is 612 g/mol. The van der Waals surface area contributed by atoms with Crippen molar-refractivity contribution >= 4 is 37.7 Å². The number of hydrogen-bond acceptors (Lipinski definition) is 9. The van der Waals surface area contributed by atoms with Crippen LogP contribution < -0.4 is 11.3 Å². The highest BCUT2D eigenvalue weighted by molar-refractivity contribution is 7.59. The SMILES string of the molecule is CCCCCCCCCCCCCCCCOCCCc1nc2c(N)nc(P(=O)(O)O)nc2n1C[C@@H](CO)OCP(=O)(O)O. The van der Waals surface area contributed by atoms with Gasteiger partial charge in [-0.1, -0.05) is 90.4 Å². The summed E-state index contributed by atoms with van der Waals surface area (Å²) in [5.41, 5.74) is 5.30. The Balaban J connectivity index is 1.78. The number of aryl methyl sites for hydroxylation is 1. The normalized spacial score (nSPS) is 13.2. The quantitative estimate of drug-likeness (QED) is 0.0614. The van der Waals surface area contributed by atoms with E-state index in [0.717, 1.165) is 12.8 Å². The number of aromatic nitrogens is 4. The van der Waals surface area contributed by atoms with Gasteiger partial charge in [-0.3, -0.25) is 9.13 Å². The molecule has 0 radical (unpaired) electrons. The van der Waals surface area contributed by atoms with E-state index in [1.807, 2.05) is 0 Å². The number of imidazole rings is 1. The lowest BCUT2D eigenvalue weighted by atomic mass is 10.0. The van der Waals surface area contributed by atoms with E-state index in [1.165, 1.54) is 81.6 Å². The molecule has 0 amide bonds. The van der Waals surface area contributed by atoms with Gasteiger partial charge in [-0.25, -0.2) is 15.0 Å². The molecule has 1 atom stereocenters. The maximum Gasteiger partial charge on any atom is 0.393 e. The molecule has 2 rings (SSSR count). The molecule has 0 aliphatic heterocycles. The zero-order chi connectivity index (χ0) is 32.4. The number of rotatable bonds is 26. The topological polar surface area (TPSA) is 223 Å². The number of hydrogen-bond donors (Lipinski definition) is 6. The Labute approximate surface area is 260 Å². The minimum atomic E-state index is -4.84. The maximum atomic E-state index is 11.8. The fourth-order valence-corrected chi connectivity index (χ4v) is 5.84. The predicted octanol–water partition coefficient (Wildman–Crippen LogP) is 4.15. The van der Waals surface area contributed by atoms with Gasteiger partial charge in [0.15, 0.2) is 17.0 Å². The lowest BCUT2D eigenvalue weighted by molar-refractivity contribution is 0.0197. The van der Waals surface area contributed by atoms with Gasteiger partial charge < -0.3 is 44.5 Å². The predicted molar refractivity (Wildman–Crippen MR) is 170 cm³/mol. The summed E-state index contributed by atoms with van der Waals surface area (Å²) in [6.07, 6.45) is 17.1. The lowest BCUT2D eigenvalue weighted by Crippen LogP contribution is -2.26. The maximum absolute atomic E-state index is 11.8. The van der Waals surface area contributed by atoms with Gasteiger partial charge in [-0.2, -0.15) is 0 Å². The molecule has 0 saturated heterocycles. The van der Waals surface area contributed by atoms with Crippen LogP contribution in [0.2, 0.25) is 0 Å². The van der Waals surface area contributed by atoms with Crippen LogP contribution in [0.5, 0.6) is 0 Å². The van der Waals surface area contributed by atoms with Gasteiger partial charge in [0.2, 0.25) is 5.57 Å². The fourth-order valence-electron chi connectivity index (χ4n) is 4.97. The van der Waals surface area contributed by atoms with E-state index in [1.54, 1.807) is 0 Å². The molecule has 254 valence electrons. The van der Waals surface area contributed by atoms with Crippen LogP contribution in [-0.2, 0) is 31.6 Å². The second kappa shape index (κ2) is 20.6. The number of aliphatic hydroxyl groups is 1. The zero-order valence-electron chi connectivity index (χ0n) is 26.1. The highest BCUT2D eigenvalue weighted by Crippen LogP contribution is 2.35. The van der Waals surface area contributed by atoms with Crippen LogP contribution in [0.1, 0.15) is 109 Å². The third kappa shape index (κ3) is 15.2. The summed E-state index contributed by atoms with van der Waals surface area (Å²) in [7, 11) is -9.33. The number of fused-ring (bicyclic) bond motifs is 1. The van der Waals surface area contributed by atoms with E-state index in [4.69, 9.17) is 25.0 Å². The van der Waals surface area contributed by atoms with Gasteiger partial charge in [0.25, 0.3) is 0 Å². The first kappa shape index (κ1) is 38.7. The van der Waals surface area contributed by atoms with E-state index >= 15 is 0 Å². The highest BCUT2D eigenvalue weighted by Gasteiger charge is 2.27. The van der Waals surface area contributed by atoms with Crippen molar-refractivity contribution in [1.29, 1.82) is 0 Å². The van der Waals surface area contributed by atoms with Crippen molar-refractivity contribution in [1.82, 2.24) is 19.5 Å². The standard InChI is InChI=1S/C28H53N5O9P2/c1-2-3-4-5-6-7-8-9-10-11-12-13-14-15-18-41-19-16-17-24-30-25-26(29)31-28(44(38,39)40)32-27(25)33(24)20-23(21-34)42-22-43(35,36)37/h23,34H,2-22H2,1H3,(H2,29,31,32)(H2,35,36,37)(H2,38,39,40)/t23-/m0/s1. The first-order valence-corrected chi connectivity index (χ1v) is 19.3. The molecule has 2 heterocycles. The van der Waals surface area contributed by atoms with Crippen molar-refractivity contribution in [3.05, 3.63) is 5.82 Å². The second-order valence-corrected chi connectivity index (χ2v) is 14.4. The molecule has 2 aromatic rings. The number of aliphatic hydroxyl groups excluding tert-OH is 1. The number of nitrogens with two attached hydrogens (primary N) is 1. The minimum absolute atomic E-state index is 0.0207. The minimum Gasteiger partial charge on any atom is -0.394 e. The molecule has 0 spiro atoms. The Morgan fingerprint density at radius 2 is 1.34 bits per heavy atom. The highest BCUT2D eigenvalue weighted by atomic mass is 31.2. The van der Waals surface area contributed by atoms with Crippen LogP contribution in [0.3, 0.4) is 0 Å². The molecule has 44 heavy (non-hydrogen) atoms. The number of ether oxygens (including phenoxy) is 2. The van der Waals surface area contributed by atoms with E-state index in [9.17, 15) is 24.0 Å². The first-order chi connectivity index (χ1) is 21.0. The molecule has 0 unspecified atom stereocenters. The summed E-state index contributed by atoms with van der Waals surface area (Å²) in [6, 6.07) is 0. The van der Waals surface area contributed by atoms with E-state index in [0.29, 0.717) is 31.9 Å². The molecular formula is C28H53N5O9P2. The molecule has 0 aliphatic rings. The van der Waals surface area contributed by atoms with Gasteiger partial charge in [-0.15, -0.1) is 0 Å². The number of nitrogens with zero attached hydrogens (tertiary/aromatic N) is 4. The van der Waals surface area contributed by atoms with E-state index < -0.39 is 39.8 Å². The van der Waals surface area contributed by atoms with Crippen molar-refractivity contribution in [3.63, 3.8) is 0 Å². The molecule has 0 aliphatic carbocycles. The third-order valence-corrected chi connectivity index (χ3v) is 8.56. The summed E-state index contributed by atoms with van der Waals surface area (Å²) < 4.78 is 35.5. The van der Waals surface area contributed by atoms with Gasteiger partial charge in [0, 0.05) is 19.6 Å². The molecule has 7 N–H and O–H groups in total. The van der Waals surface area contributed by atoms with Crippen LogP contribution in [0.25, 0.3) is 11.2 Å². The average Bonchev–Trinajstić information content (AvgIpc) is 3.31. The van der Waals surface area contributed by atoms with Gasteiger partial charge in [0.05, 0.1) is 19.3 Å². The molecule has 2 aromatic heterocycles. The summed E-state index contributed by atoms with van der Waals surface area (Å²) >= 11 is 0. The van der Waals surface area contributed by atoms with Crippen molar-refractivity contribution < 1.29 is 43.3 Å². The average molecular weight is 666 g/mol. The van der Waals surface area contributed by atoms with Crippen molar-refractivity contribution in [3.8, 4) is 0 Å². The zero-order valence-corrected chi connectivity index (χ0v) is 27.8. The Bertz CT molecular complexity index is 1190. The summed E-state index contributed by atoms with van der Waals surface area (Å²) in [6.45, 7) is 2.66. The van der Waals surface area contributed by atoms with Gasteiger partial charge in [-0.05, 0) is 12.8 Å². The van der Waals surface area contributed by atoms with Crippen LogP contribution >= 0.6 is 15.2 Å². The summed E-state index contributed by atoms with van der Waals surface area (Å²) in [4.78, 5) is 49.6. The Kier molecular flexibility index (Phi) is 18.1. The van der Waals surface area contributed by atoms with Crippen LogP contribution in [0.4, 0.5) is 5.82 Å². The van der Waals surface area contributed by atoms with Crippen LogP contribution in [-0.4, -0.2) is 76.5 Å². The number of unbranched alkanes of at least 4 members (excludes halogenated alkanes) is 13. The molecule has 14 nitrogen and oxygen atoms in total. The van der Waals surface area contributed by atoms with Crippen molar-refractivity contribution in [2.24, 2.45) is 0 Å². The van der Waals surface area contributed by atoms with Crippen molar-refractivity contribution in [2.75, 3.05) is 31.9 Å². The Morgan fingerprint density at radius 1 is 0.795 bits per heavy atom. The first-order valence-electron chi connectivity index (χ1n) is 15.9. The van der Waals surface area contributed by atoms with Gasteiger partial charge in [0.1, 0.15) is 12.2 Å². The smallest absolute Gasteiger partial charge is 0.393 e. The molecule has 0 fully saturated rings. The largest absolute Gasteiger partial charge is 0.394 e. The van der Waals surface area contributed by atoms with E-state index in [2.05, 4.69) is 21.9 Å². The van der Waals surface area contributed by atoms with Crippen molar-refractivity contribution in [2.45, 2.75) is 122 Å².